The molecule has 2 aromatic rings. The van der Waals surface area contributed by atoms with E-state index in [1.807, 2.05) is 25.1 Å². The van der Waals surface area contributed by atoms with Crippen molar-refractivity contribution >= 4 is 35.4 Å². The van der Waals surface area contributed by atoms with Gasteiger partial charge in [0.2, 0.25) is 6.41 Å². The molecule has 1 aromatic heterocycles. The van der Waals surface area contributed by atoms with Crippen LogP contribution >= 0.6 is 11.6 Å². The number of hydrogen-bond donors (Lipinski definition) is 1. The van der Waals surface area contributed by atoms with Gasteiger partial charge in [0, 0.05) is 43.0 Å². The summed E-state index contributed by atoms with van der Waals surface area (Å²) in [5.74, 6) is 0.884. The lowest BCUT2D eigenvalue weighted by molar-refractivity contribution is -0.119. The molecule has 0 saturated carbocycles. The smallest absolute Gasteiger partial charge is 0.272 e. The van der Waals surface area contributed by atoms with Crippen molar-refractivity contribution < 1.29 is 9.59 Å². The molecule has 1 saturated heterocycles. The zero-order chi connectivity index (χ0) is 18.7. The highest BCUT2D eigenvalue weighted by atomic mass is 35.5. The molecule has 0 aliphatic carbocycles. The SMILES string of the molecule is Cc1nc(Nc2cc(Cl)ccc2C)cc(C(=O)N2CCN(C=O)CC2)n1. The van der Waals surface area contributed by atoms with Crippen LogP contribution in [0.4, 0.5) is 11.5 Å². The summed E-state index contributed by atoms with van der Waals surface area (Å²) in [6, 6.07) is 7.19. The Labute approximate surface area is 157 Å². The highest BCUT2D eigenvalue weighted by Gasteiger charge is 2.23. The molecule has 1 fully saturated rings. The van der Waals surface area contributed by atoms with E-state index >= 15 is 0 Å². The lowest BCUT2D eigenvalue weighted by atomic mass is 10.2. The molecule has 1 aliphatic heterocycles. The predicted octanol–water partition coefficient (Wildman–Crippen LogP) is 2.40. The quantitative estimate of drug-likeness (QED) is 0.832. The van der Waals surface area contributed by atoms with Crippen LogP contribution in [0.15, 0.2) is 24.3 Å². The standard InChI is InChI=1S/C18H20ClN5O2/c1-12-3-4-14(19)9-15(12)22-17-10-16(20-13(2)21-17)18(26)24-7-5-23(11-25)6-8-24/h3-4,9-11H,5-8H2,1-2H3,(H,20,21,22). The molecule has 2 amide bonds. The van der Waals surface area contributed by atoms with Gasteiger partial charge in [-0.25, -0.2) is 9.97 Å². The summed E-state index contributed by atoms with van der Waals surface area (Å²) in [5.41, 5.74) is 2.18. The Morgan fingerprint density at radius 3 is 2.58 bits per heavy atom. The Bertz CT molecular complexity index is 834. The van der Waals surface area contributed by atoms with Crippen LogP contribution < -0.4 is 5.32 Å². The van der Waals surface area contributed by atoms with Crippen LogP contribution in [0, 0.1) is 13.8 Å². The summed E-state index contributed by atoms with van der Waals surface area (Å²) in [7, 11) is 0. The van der Waals surface area contributed by atoms with Gasteiger partial charge in [0.15, 0.2) is 0 Å². The third-order valence-corrected chi connectivity index (χ3v) is 4.51. The zero-order valence-corrected chi connectivity index (χ0v) is 15.5. The molecular formula is C18H20ClN5O2. The van der Waals surface area contributed by atoms with Crippen LogP contribution in [-0.2, 0) is 4.79 Å². The van der Waals surface area contributed by atoms with Crippen LogP contribution in [0.25, 0.3) is 0 Å². The fraction of sp³-hybridized carbons (Fsp3) is 0.333. The summed E-state index contributed by atoms with van der Waals surface area (Å²) >= 11 is 6.06. The third-order valence-electron chi connectivity index (χ3n) is 4.27. The topological polar surface area (TPSA) is 78.4 Å². The van der Waals surface area contributed by atoms with E-state index in [0.717, 1.165) is 17.7 Å². The van der Waals surface area contributed by atoms with Gasteiger partial charge in [-0.1, -0.05) is 17.7 Å². The van der Waals surface area contributed by atoms with Gasteiger partial charge < -0.3 is 15.1 Å². The Kier molecular flexibility index (Phi) is 5.37. The zero-order valence-electron chi connectivity index (χ0n) is 14.7. The van der Waals surface area contributed by atoms with Gasteiger partial charge in [-0.05, 0) is 31.5 Å². The van der Waals surface area contributed by atoms with E-state index in [1.54, 1.807) is 22.8 Å². The number of aryl methyl sites for hydroxylation is 2. The monoisotopic (exact) mass is 373 g/mol. The molecule has 0 spiro atoms. The number of carbonyl (C=O) groups is 2. The first-order valence-electron chi connectivity index (χ1n) is 8.34. The highest BCUT2D eigenvalue weighted by molar-refractivity contribution is 6.30. The third kappa shape index (κ3) is 4.11. The van der Waals surface area contributed by atoms with Crippen LogP contribution in [0.2, 0.25) is 5.02 Å². The molecular weight excluding hydrogens is 354 g/mol. The maximum Gasteiger partial charge on any atom is 0.272 e. The van der Waals surface area contributed by atoms with Gasteiger partial charge in [-0.3, -0.25) is 9.59 Å². The maximum atomic E-state index is 12.8. The lowest BCUT2D eigenvalue weighted by Crippen LogP contribution is -2.48. The van der Waals surface area contributed by atoms with Crippen LogP contribution in [0.3, 0.4) is 0 Å². The number of anilines is 2. The normalized spacial score (nSPS) is 14.3. The minimum atomic E-state index is -0.160. The summed E-state index contributed by atoms with van der Waals surface area (Å²) in [6.07, 6.45) is 0.812. The van der Waals surface area contributed by atoms with Crippen molar-refractivity contribution in [3.05, 3.63) is 46.4 Å². The van der Waals surface area contributed by atoms with E-state index in [0.29, 0.717) is 48.5 Å². The van der Waals surface area contributed by atoms with E-state index in [-0.39, 0.29) is 5.91 Å². The number of amides is 2. The lowest BCUT2D eigenvalue weighted by Gasteiger charge is -2.32. The summed E-state index contributed by atoms with van der Waals surface area (Å²) < 4.78 is 0. The molecule has 1 aromatic carbocycles. The Balaban J connectivity index is 1.80. The van der Waals surface area contributed by atoms with Crippen molar-refractivity contribution in [1.29, 1.82) is 0 Å². The first kappa shape index (κ1) is 18.1. The molecule has 3 rings (SSSR count). The molecule has 7 nitrogen and oxygen atoms in total. The largest absolute Gasteiger partial charge is 0.342 e. The van der Waals surface area contributed by atoms with E-state index in [9.17, 15) is 9.59 Å². The van der Waals surface area contributed by atoms with Gasteiger partial charge in [0.1, 0.15) is 17.3 Å². The second-order valence-electron chi connectivity index (χ2n) is 6.20. The van der Waals surface area contributed by atoms with Crippen molar-refractivity contribution in [3.8, 4) is 0 Å². The Morgan fingerprint density at radius 2 is 1.88 bits per heavy atom. The first-order chi connectivity index (χ1) is 12.5. The Morgan fingerprint density at radius 1 is 1.15 bits per heavy atom. The second kappa shape index (κ2) is 7.70. The van der Waals surface area contributed by atoms with Crippen molar-refractivity contribution in [2.75, 3.05) is 31.5 Å². The molecule has 0 bridgehead atoms. The summed E-state index contributed by atoms with van der Waals surface area (Å²) in [5, 5.41) is 3.83. The number of rotatable bonds is 4. The van der Waals surface area contributed by atoms with Crippen molar-refractivity contribution in [1.82, 2.24) is 19.8 Å². The van der Waals surface area contributed by atoms with E-state index in [2.05, 4.69) is 15.3 Å². The van der Waals surface area contributed by atoms with Crippen molar-refractivity contribution in [3.63, 3.8) is 0 Å². The number of halogens is 1. The van der Waals surface area contributed by atoms with Gasteiger partial charge in [-0.15, -0.1) is 0 Å². The van der Waals surface area contributed by atoms with Gasteiger partial charge in [-0.2, -0.15) is 0 Å². The van der Waals surface area contributed by atoms with Crippen molar-refractivity contribution in [2.45, 2.75) is 13.8 Å². The second-order valence-corrected chi connectivity index (χ2v) is 6.64. The molecule has 0 atom stereocenters. The predicted molar refractivity (Wildman–Crippen MR) is 99.8 cm³/mol. The number of nitrogens with one attached hydrogen (secondary N) is 1. The van der Waals surface area contributed by atoms with E-state index < -0.39 is 0 Å². The number of nitrogens with zero attached hydrogens (tertiary/aromatic N) is 4. The number of carbonyl (C=O) groups excluding carboxylic acids is 2. The maximum absolute atomic E-state index is 12.8. The fourth-order valence-electron chi connectivity index (χ4n) is 2.80. The van der Waals surface area contributed by atoms with Crippen LogP contribution in [0.1, 0.15) is 21.9 Å². The van der Waals surface area contributed by atoms with Crippen LogP contribution in [0.5, 0.6) is 0 Å². The van der Waals surface area contributed by atoms with Gasteiger partial charge in [0.25, 0.3) is 5.91 Å². The molecule has 8 heteroatoms. The minimum Gasteiger partial charge on any atom is -0.342 e. The van der Waals surface area contributed by atoms with E-state index in [4.69, 9.17) is 11.6 Å². The first-order valence-corrected chi connectivity index (χ1v) is 8.71. The molecule has 1 aliphatic rings. The van der Waals surface area contributed by atoms with Crippen LogP contribution in [-0.4, -0.2) is 58.3 Å². The van der Waals surface area contributed by atoms with E-state index in [1.165, 1.54) is 0 Å². The van der Waals surface area contributed by atoms with Gasteiger partial charge >= 0.3 is 0 Å². The van der Waals surface area contributed by atoms with Crippen molar-refractivity contribution in [2.24, 2.45) is 0 Å². The molecule has 0 unspecified atom stereocenters. The summed E-state index contributed by atoms with van der Waals surface area (Å²) in [4.78, 5) is 35.6. The number of benzene rings is 1. The molecule has 2 heterocycles. The highest BCUT2D eigenvalue weighted by Crippen LogP contribution is 2.24. The fourth-order valence-corrected chi connectivity index (χ4v) is 2.97. The molecule has 0 radical (unpaired) electrons. The molecule has 1 N–H and O–H groups in total. The number of hydrogen-bond acceptors (Lipinski definition) is 5. The molecule has 136 valence electrons. The summed E-state index contributed by atoms with van der Waals surface area (Å²) in [6.45, 7) is 5.77. The van der Waals surface area contributed by atoms with Gasteiger partial charge in [0.05, 0.1) is 0 Å². The number of aromatic nitrogens is 2. The average Bonchev–Trinajstić information content (AvgIpc) is 2.64. The number of piperazine rings is 1. The average molecular weight is 374 g/mol. The Hall–Kier alpha value is -2.67. The minimum absolute atomic E-state index is 0.160. The molecule has 26 heavy (non-hydrogen) atoms.